The molecule has 0 unspecified atom stereocenters. The number of halogens is 2. The zero-order chi connectivity index (χ0) is 22.1. The molecule has 1 saturated heterocycles. The van der Waals surface area contributed by atoms with Gasteiger partial charge in [0.15, 0.2) is 0 Å². The van der Waals surface area contributed by atoms with Crippen LogP contribution in [0.4, 0.5) is 0 Å². The molecule has 1 aliphatic rings. The molecule has 1 aromatic heterocycles. The number of aryl methyl sites for hydroxylation is 2. The molecule has 2 aromatic carbocycles. The number of hydrogen-bond acceptors (Lipinski definition) is 3. The fourth-order valence-electron chi connectivity index (χ4n) is 4.12. The van der Waals surface area contributed by atoms with Gasteiger partial charge in [-0.25, -0.2) is 0 Å². The number of rotatable bonds is 4. The Labute approximate surface area is 191 Å². The van der Waals surface area contributed by atoms with E-state index in [0.29, 0.717) is 46.4 Å². The van der Waals surface area contributed by atoms with Crippen LogP contribution in [0.25, 0.3) is 10.9 Å². The lowest BCUT2D eigenvalue weighted by molar-refractivity contribution is 0.0696. The van der Waals surface area contributed by atoms with Crippen molar-refractivity contribution in [2.75, 3.05) is 13.2 Å². The molecular formula is C24H23Cl2N3O2. The third-order valence-electron chi connectivity index (χ3n) is 5.94. The molecule has 1 N–H and O–H groups in total. The number of amides is 1. The summed E-state index contributed by atoms with van der Waals surface area (Å²) in [5, 5.41) is 14.3. The van der Waals surface area contributed by atoms with Crippen LogP contribution in [0.1, 0.15) is 45.6 Å². The lowest BCUT2D eigenvalue weighted by atomic mass is 10.0. The van der Waals surface area contributed by atoms with Gasteiger partial charge in [-0.15, -0.1) is 0 Å². The maximum Gasteiger partial charge on any atom is 0.253 e. The molecule has 2 heterocycles. The highest BCUT2D eigenvalue weighted by Crippen LogP contribution is 2.33. The van der Waals surface area contributed by atoms with Gasteiger partial charge in [-0.05, 0) is 61.2 Å². The highest BCUT2D eigenvalue weighted by molar-refractivity contribution is 6.38. The summed E-state index contributed by atoms with van der Waals surface area (Å²) in [6.07, 6.45) is 2.07. The number of benzene rings is 2. The van der Waals surface area contributed by atoms with Crippen molar-refractivity contribution in [1.29, 1.82) is 5.26 Å². The van der Waals surface area contributed by atoms with Gasteiger partial charge in [0.2, 0.25) is 0 Å². The number of hydrogen-bond donors (Lipinski definition) is 1. The number of nitriles is 1. The molecule has 1 fully saturated rings. The summed E-state index contributed by atoms with van der Waals surface area (Å²) in [4.78, 5) is 12.9. The van der Waals surface area contributed by atoms with Gasteiger partial charge in [-0.1, -0.05) is 23.2 Å². The third kappa shape index (κ3) is 4.29. The molecule has 1 amide bonds. The van der Waals surface area contributed by atoms with Crippen molar-refractivity contribution in [3.8, 4) is 6.07 Å². The molecule has 4 rings (SSSR count). The van der Waals surface area contributed by atoms with Crippen molar-refractivity contribution in [3.05, 3.63) is 68.3 Å². The maximum absolute atomic E-state index is 12.9. The third-order valence-corrected chi connectivity index (χ3v) is 6.73. The van der Waals surface area contributed by atoms with Crippen LogP contribution in [-0.2, 0) is 18.2 Å². The summed E-state index contributed by atoms with van der Waals surface area (Å²) >= 11 is 13.2. The van der Waals surface area contributed by atoms with Crippen LogP contribution in [0.3, 0.4) is 0 Å². The average molecular weight is 456 g/mol. The van der Waals surface area contributed by atoms with Crippen molar-refractivity contribution in [3.63, 3.8) is 0 Å². The number of carbonyl (C=O) groups excluding carboxylic acids is 1. The Balaban J connectivity index is 1.67. The second kappa shape index (κ2) is 8.92. The Morgan fingerprint density at radius 2 is 2.00 bits per heavy atom. The van der Waals surface area contributed by atoms with Crippen LogP contribution in [0.2, 0.25) is 10.0 Å². The molecule has 1 aliphatic heterocycles. The van der Waals surface area contributed by atoms with E-state index in [1.54, 1.807) is 12.1 Å². The van der Waals surface area contributed by atoms with E-state index in [1.807, 2.05) is 30.7 Å². The van der Waals surface area contributed by atoms with Gasteiger partial charge in [0.1, 0.15) is 0 Å². The van der Waals surface area contributed by atoms with E-state index in [9.17, 15) is 10.1 Å². The topological polar surface area (TPSA) is 67.1 Å². The monoisotopic (exact) mass is 455 g/mol. The van der Waals surface area contributed by atoms with Crippen LogP contribution in [0, 0.1) is 18.3 Å². The predicted molar refractivity (Wildman–Crippen MR) is 123 cm³/mol. The molecule has 0 saturated carbocycles. The first kappa shape index (κ1) is 21.7. The minimum atomic E-state index is -0.193. The van der Waals surface area contributed by atoms with Crippen molar-refractivity contribution in [2.45, 2.75) is 32.2 Å². The van der Waals surface area contributed by atoms with Gasteiger partial charge in [0.25, 0.3) is 5.91 Å². The highest BCUT2D eigenvalue weighted by atomic mass is 35.5. The Morgan fingerprint density at radius 3 is 2.71 bits per heavy atom. The first-order chi connectivity index (χ1) is 14.9. The standard InChI is InChI=1S/C24H23Cl2N3O2/c1-14-9-15(13-27)10-22-19(14)11-17(29(22)2)12-20-21(25)4-3-18(23(20)26)24(30)28-16-5-7-31-8-6-16/h3-4,9-11,16H,5-8,12H2,1-2H3,(H,28,30). The van der Waals surface area contributed by atoms with Crippen molar-refractivity contribution >= 4 is 40.0 Å². The van der Waals surface area contributed by atoms with Gasteiger partial charge in [-0.2, -0.15) is 5.26 Å². The second-order valence-corrected chi connectivity index (χ2v) is 8.74. The van der Waals surface area contributed by atoms with Gasteiger partial charge < -0.3 is 14.6 Å². The molecule has 0 aliphatic carbocycles. The quantitative estimate of drug-likeness (QED) is 0.590. The number of aromatic nitrogens is 1. The number of ether oxygens (including phenoxy) is 1. The SMILES string of the molecule is Cc1cc(C#N)cc2c1cc(Cc1c(Cl)ccc(C(=O)NC3CCOCC3)c1Cl)n2C. The summed E-state index contributed by atoms with van der Waals surface area (Å²) in [5.41, 5.74) is 4.78. The van der Waals surface area contributed by atoms with Gasteiger partial charge >= 0.3 is 0 Å². The normalized spacial score (nSPS) is 14.5. The zero-order valence-corrected chi connectivity index (χ0v) is 19.0. The molecule has 160 valence electrons. The Morgan fingerprint density at radius 1 is 1.26 bits per heavy atom. The molecule has 7 heteroatoms. The van der Waals surface area contributed by atoms with Crippen LogP contribution < -0.4 is 5.32 Å². The van der Waals surface area contributed by atoms with E-state index >= 15 is 0 Å². The Hall–Kier alpha value is -2.52. The lowest BCUT2D eigenvalue weighted by Crippen LogP contribution is -2.39. The summed E-state index contributed by atoms with van der Waals surface area (Å²) in [5.74, 6) is -0.193. The van der Waals surface area contributed by atoms with Crippen LogP contribution in [0.15, 0.2) is 30.3 Å². The molecule has 5 nitrogen and oxygen atoms in total. The molecule has 0 bridgehead atoms. The number of nitrogens with zero attached hydrogens (tertiary/aromatic N) is 2. The van der Waals surface area contributed by atoms with Crippen LogP contribution in [-0.4, -0.2) is 29.7 Å². The molecule has 0 spiro atoms. The van der Waals surface area contributed by atoms with E-state index in [-0.39, 0.29) is 11.9 Å². The van der Waals surface area contributed by atoms with Crippen LogP contribution in [0.5, 0.6) is 0 Å². The zero-order valence-electron chi connectivity index (χ0n) is 17.5. The molecule has 3 aromatic rings. The molecule has 0 atom stereocenters. The lowest BCUT2D eigenvalue weighted by Gasteiger charge is -2.23. The predicted octanol–water partition coefficient (Wildman–Crippen LogP) is 5.16. The minimum Gasteiger partial charge on any atom is -0.381 e. The summed E-state index contributed by atoms with van der Waals surface area (Å²) in [6.45, 7) is 3.30. The highest BCUT2D eigenvalue weighted by Gasteiger charge is 2.22. The summed E-state index contributed by atoms with van der Waals surface area (Å²) < 4.78 is 7.40. The fourth-order valence-corrected chi connectivity index (χ4v) is 4.71. The fraction of sp³-hybridized carbons (Fsp3) is 0.333. The first-order valence-corrected chi connectivity index (χ1v) is 11.0. The van der Waals surface area contributed by atoms with Gasteiger partial charge in [0, 0.05) is 54.3 Å². The Bertz CT molecular complexity index is 1200. The summed E-state index contributed by atoms with van der Waals surface area (Å²) in [6, 6.07) is 11.6. The molecule has 31 heavy (non-hydrogen) atoms. The smallest absolute Gasteiger partial charge is 0.253 e. The average Bonchev–Trinajstić information content (AvgIpc) is 3.07. The van der Waals surface area contributed by atoms with E-state index in [2.05, 4.69) is 17.5 Å². The number of nitrogens with one attached hydrogen (secondary N) is 1. The van der Waals surface area contributed by atoms with E-state index in [0.717, 1.165) is 35.0 Å². The maximum atomic E-state index is 12.9. The second-order valence-electron chi connectivity index (χ2n) is 7.96. The van der Waals surface area contributed by atoms with Gasteiger partial charge in [-0.3, -0.25) is 4.79 Å². The number of fused-ring (bicyclic) bond motifs is 1. The van der Waals surface area contributed by atoms with Crippen molar-refractivity contribution < 1.29 is 9.53 Å². The van der Waals surface area contributed by atoms with Gasteiger partial charge in [0.05, 0.1) is 22.2 Å². The van der Waals surface area contributed by atoms with Crippen molar-refractivity contribution in [2.24, 2.45) is 7.05 Å². The van der Waals surface area contributed by atoms with Crippen molar-refractivity contribution in [1.82, 2.24) is 9.88 Å². The van der Waals surface area contributed by atoms with Crippen LogP contribution >= 0.6 is 23.2 Å². The van der Waals surface area contributed by atoms with E-state index in [4.69, 9.17) is 27.9 Å². The summed E-state index contributed by atoms with van der Waals surface area (Å²) in [7, 11) is 1.96. The Kier molecular flexibility index (Phi) is 6.24. The first-order valence-electron chi connectivity index (χ1n) is 10.2. The number of carbonyl (C=O) groups is 1. The molecule has 0 radical (unpaired) electrons. The molecular weight excluding hydrogens is 433 g/mol. The largest absolute Gasteiger partial charge is 0.381 e. The van der Waals surface area contributed by atoms with E-state index in [1.165, 1.54) is 0 Å². The van der Waals surface area contributed by atoms with E-state index < -0.39 is 0 Å². The minimum absolute atomic E-state index is 0.0897.